The molecule has 8 heteroatoms. The number of para-hydroxylation sites is 2. The normalized spacial score (nSPS) is 18.8. The Balaban J connectivity index is 1.29. The summed E-state index contributed by atoms with van der Waals surface area (Å²) >= 11 is 0. The first-order valence-electron chi connectivity index (χ1n) is 16.4. The van der Waals surface area contributed by atoms with Crippen LogP contribution in [0.3, 0.4) is 0 Å². The van der Waals surface area contributed by atoms with Crippen molar-refractivity contribution in [1.82, 2.24) is 0 Å². The second-order valence-corrected chi connectivity index (χ2v) is 14.0. The van der Waals surface area contributed by atoms with Crippen LogP contribution in [0.25, 0.3) is 0 Å². The third-order valence-corrected chi connectivity index (χ3v) is 10.2. The molecule has 3 aliphatic rings. The van der Waals surface area contributed by atoms with E-state index in [1.165, 1.54) is 0 Å². The average Bonchev–Trinajstić information content (AvgIpc) is 3.44. The number of carboxylic acids is 2. The van der Waals surface area contributed by atoms with Crippen molar-refractivity contribution in [3.05, 3.63) is 165 Å². The van der Waals surface area contributed by atoms with Gasteiger partial charge in [-0.15, -0.1) is 0 Å². The number of hydrogen-bond donors (Lipinski definition) is 2. The van der Waals surface area contributed by atoms with Gasteiger partial charge in [0, 0.05) is 57.8 Å². The predicted molar refractivity (Wildman–Crippen MR) is 189 cm³/mol. The van der Waals surface area contributed by atoms with Crippen LogP contribution in [0.2, 0.25) is 0 Å². The summed E-state index contributed by atoms with van der Waals surface area (Å²) in [6, 6.07) is 29.5. The third-order valence-electron chi connectivity index (χ3n) is 10.2. The van der Waals surface area contributed by atoms with Crippen molar-refractivity contribution in [3.8, 4) is 0 Å². The maximum Gasteiger partial charge on any atom is 0.335 e. The number of benzene rings is 4. The first-order valence-corrected chi connectivity index (χ1v) is 16.4. The van der Waals surface area contributed by atoms with Crippen LogP contribution in [0, 0.1) is 0 Å². The van der Waals surface area contributed by atoms with Gasteiger partial charge in [-0.3, -0.25) is 4.79 Å². The van der Waals surface area contributed by atoms with Gasteiger partial charge in [0.1, 0.15) is 0 Å². The largest absolute Gasteiger partial charge is 0.871 e. The van der Waals surface area contributed by atoms with Crippen LogP contribution < -0.4 is 10.0 Å². The zero-order valence-electron chi connectivity index (χ0n) is 28.2. The molecule has 0 radical (unpaired) electrons. The molecule has 0 bridgehead atoms. The Morgan fingerprint density at radius 1 is 0.740 bits per heavy atom. The highest BCUT2D eigenvalue weighted by atomic mass is 16.4. The van der Waals surface area contributed by atoms with E-state index in [1.807, 2.05) is 36.4 Å². The lowest BCUT2D eigenvalue weighted by atomic mass is 9.77. The monoisotopic (exact) mass is 664 g/mol. The second-order valence-electron chi connectivity index (χ2n) is 14.0. The van der Waals surface area contributed by atoms with Gasteiger partial charge in [-0.05, 0) is 61.4 Å². The first kappa shape index (κ1) is 32.5. The number of allylic oxidation sites excluding steroid dienone is 5. The van der Waals surface area contributed by atoms with Crippen LogP contribution in [0.4, 0.5) is 11.4 Å². The topological polar surface area (TPSA) is 121 Å². The fraction of sp³-hybridized carbons (Fsp3) is 0.190. The van der Waals surface area contributed by atoms with Crippen molar-refractivity contribution < 1.29 is 34.3 Å². The van der Waals surface area contributed by atoms with E-state index in [1.54, 1.807) is 60.7 Å². The lowest BCUT2D eigenvalue weighted by molar-refractivity contribution is -0.455. The Labute approximate surface area is 290 Å². The number of Topliss-reactive ketones (excluding diaryl/α,β-unsaturated/α-hetero) is 1. The minimum Gasteiger partial charge on any atom is -0.871 e. The SMILES string of the molecule is CC1(C)C(/C=C2/C(=O)C(/C=C3\N(Cc4ccc(C(=O)O)cc4)c4ccccc4C3(C)C)=C2[O-])=[N+](Cc2ccc(C(=O)O)cc2)c2ccccc21. The summed E-state index contributed by atoms with van der Waals surface area (Å²) in [4.78, 5) is 38.9. The van der Waals surface area contributed by atoms with Crippen molar-refractivity contribution in [3.63, 3.8) is 0 Å². The number of anilines is 1. The molecule has 2 aliphatic heterocycles. The van der Waals surface area contributed by atoms with Crippen LogP contribution in [0.15, 0.2) is 132 Å². The standard InChI is InChI=1S/C42H36N2O6/c1-41(2)31-9-5-7-11-33(31)43(23-25-13-17-27(18-14-25)39(47)48)35(41)21-29-37(45)30(38(29)46)22-36-42(3,4)32-10-6-8-12-34(32)44(36)24-26-15-19-28(20-16-26)40(49)50/h5-22H,23-24H2,1-4H3,(H2-,45,46,47,48,49,50). The lowest BCUT2D eigenvalue weighted by Gasteiger charge is -2.33. The molecule has 1 aliphatic carbocycles. The Morgan fingerprint density at radius 3 is 1.90 bits per heavy atom. The van der Waals surface area contributed by atoms with E-state index < -0.39 is 22.8 Å². The zero-order valence-corrected chi connectivity index (χ0v) is 28.2. The molecule has 0 spiro atoms. The van der Waals surface area contributed by atoms with E-state index >= 15 is 0 Å². The van der Waals surface area contributed by atoms with Crippen LogP contribution in [-0.4, -0.2) is 38.2 Å². The van der Waals surface area contributed by atoms with Gasteiger partial charge in [-0.1, -0.05) is 80.3 Å². The van der Waals surface area contributed by atoms with Gasteiger partial charge < -0.3 is 20.2 Å². The molecule has 0 aromatic heterocycles. The molecule has 0 atom stereocenters. The summed E-state index contributed by atoms with van der Waals surface area (Å²) in [5, 5.41) is 32.6. The zero-order chi connectivity index (χ0) is 35.5. The van der Waals surface area contributed by atoms with Crippen molar-refractivity contribution in [1.29, 1.82) is 0 Å². The maximum atomic E-state index is 13.9. The molecule has 0 amide bonds. The van der Waals surface area contributed by atoms with Gasteiger partial charge in [0.05, 0.1) is 16.5 Å². The molecular formula is C42H36N2O6. The maximum absolute atomic E-state index is 13.9. The third kappa shape index (κ3) is 5.24. The molecular weight excluding hydrogens is 628 g/mol. The highest BCUT2D eigenvalue weighted by Crippen LogP contribution is 2.49. The lowest BCUT2D eigenvalue weighted by Crippen LogP contribution is -2.35. The minimum atomic E-state index is -0.993. The van der Waals surface area contributed by atoms with Gasteiger partial charge in [0.25, 0.3) is 0 Å². The Hall–Kier alpha value is -6.02. The number of carboxylic acid groups (broad SMARTS) is 2. The van der Waals surface area contributed by atoms with Crippen molar-refractivity contribution in [2.24, 2.45) is 0 Å². The number of nitrogens with zero attached hydrogens (tertiary/aromatic N) is 2. The molecule has 2 heterocycles. The van der Waals surface area contributed by atoms with E-state index in [2.05, 4.69) is 49.3 Å². The fourth-order valence-corrected chi connectivity index (χ4v) is 7.38. The first-order chi connectivity index (χ1) is 23.8. The van der Waals surface area contributed by atoms with E-state index in [-0.39, 0.29) is 33.8 Å². The number of carbonyl (C=O) groups is 3. The molecule has 8 nitrogen and oxygen atoms in total. The summed E-state index contributed by atoms with van der Waals surface area (Å²) in [5.41, 5.74) is 7.10. The molecule has 250 valence electrons. The number of fused-ring (bicyclic) bond motifs is 2. The van der Waals surface area contributed by atoms with Gasteiger partial charge in [0.2, 0.25) is 5.69 Å². The van der Waals surface area contributed by atoms with Crippen molar-refractivity contribution in [2.45, 2.75) is 51.6 Å². The fourth-order valence-electron chi connectivity index (χ4n) is 7.38. The number of hydrogen-bond acceptors (Lipinski definition) is 5. The van der Waals surface area contributed by atoms with E-state index in [0.29, 0.717) is 13.1 Å². The van der Waals surface area contributed by atoms with E-state index in [4.69, 9.17) is 0 Å². The molecule has 0 saturated carbocycles. The number of ketones is 1. The quantitative estimate of drug-likeness (QED) is 0.160. The summed E-state index contributed by atoms with van der Waals surface area (Å²) in [5.74, 6) is -2.62. The number of aromatic carboxylic acids is 2. The second kappa shape index (κ2) is 11.8. The molecule has 0 saturated heterocycles. The van der Waals surface area contributed by atoms with Crippen LogP contribution in [-0.2, 0) is 28.7 Å². The molecule has 4 aromatic carbocycles. The summed E-state index contributed by atoms with van der Waals surface area (Å²) in [6.07, 6.45) is 3.46. The van der Waals surface area contributed by atoms with Gasteiger partial charge >= 0.3 is 11.9 Å². The van der Waals surface area contributed by atoms with Gasteiger partial charge in [-0.25, -0.2) is 9.59 Å². The summed E-state index contributed by atoms with van der Waals surface area (Å²) < 4.78 is 2.10. The minimum absolute atomic E-state index is 0.128. The highest BCUT2D eigenvalue weighted by molar-refractivity contribution is 6.24. The molecule has 0 fully saturated rings. The summed E-state index contributed by atoms with van der Waals surface area (Å²) in [6.45, 7) is 9.15. The van der Waals surface area contributed by atoms with E-state index in [9.17, 15) is 29.7 Å². The van der Waals surface area contributed by atoms with Crippen molar-refractivity contribution in [2.75, 3.05) is 4.90 Å². The Bertz CT molecular complexity index is 2230. The predicted octanol–water partition coefficient (Wildman–Crippen LogP) is 6.66. The molecule has 0 unspecified atom stereocenters. The molecule has 2 N–H and O–H groups in total. The number of rotatable bonds is 8. The smallest absolute Gasteiger partial charge is 0.335 e. The van der Waals surface area contributed by atoms with Crippen LogP contribution >= 0.6 is 0 Å². The van der Waals surface area contributed by atoms with Gasteiger partial charge in [0.15, 0.2) is 18.0 Å². The van der Waals surface area contributed by atoms with Crippen LogP contribution in [0.1, 0.15) is 70.7 Å². The van der Waals surface area contributed by atoms with Crippen LogP contribution in [0.5, 0.6) is 0 Å². The average molecular weight is 665 g/mol. The summed E-state index contributed by atoms with van der Waals surface area (Å²) in [7, 11) is 0. The van der Waals surface area contributed by atoms with Crippen molar-refractivity contribution >= 4 is 34.8 Å². The number of carbonyl (C=O) groups excluding carboxylic acids is 1. The molecule has 4 aromatic rings. The highest BCUT2D eigenvalue weighted by Gasteiger charge is 2.46. The van der Waals surface area contributed by atoms with E-state index in [0.717, 1.165) is 45.0 Å². The molecule has 50 heavy (non-hydrogen) atoms. The van der Waals surface area contributed by atoms with Gasteiger partial charge in [-0.2, -0.15) is 4.58 Å². The Kier molecular flexibility index (Phi) is 7.70. The Morgan fingerprint density at radius 2 is 1.30 bits per heavy atom. The molecule has 7 rings (SSSR count).